The van der Waals surface area contributed by atoms with Gasteiger partial charge in [-0.15, -0.1) is 0 Å². The van der Waals surface area contributed by atoms with Gasteiger partial charge in [0.1, 0.15) is 22.8 Å². The summed E-state index contributed by atoms with van der Waals surface area (Å²) < 4.78 is 76.1. The van der Waals surface area contributed by atoms with Crippen LogP contribution < -0.4 is 8.92 Å². The Hall–Kier alpha value is -2.59. The summed E-state index contributed by atoms with van der Waals surface area (Å²) in [6, 6.07) is 10.7. The first-order valence-electron chi connectivity index (χ1n) is 7.77. The highest BCUT2D eigenvalue weighted by Crippen LogP contribution is 2.50. The van der Waals surface area contributed by atoms with Crippen molar-refractivity contribution in [1.29, 1.82) is 0 Å². The summed E-state index contributed by atoms with van der Waals surface area (Å²) in [5, 5.41) is 0. The lowest BCUT2D eigenvalue weighted by Crippen LogP contribution is -2.37. The predicted molar refractivity (Wildman–Crippen MR) is 88.7 cm³/mol. The number of nitrogens with zero attached hydrogens (tertiary/aromatic N) is 1. The number of aliphatic imine (C=N–C) groups is 1. The second-order valence-electron chi connectivity index (χ2n) is 5.93. The van der Waals surface area contributed by atoms with Crippen molar-refractivity contribution in [3.05, 3.63) is 53.6 Å². The van der Waals surface area contributed by atoms with Crippen molar-refractivity contribution in [2.24, 2.45) is 4.99 Å². The van der Waals surface area contributed by atoms with Gasteiger partial charge in [0, 0.05) is 17.3 Å². The molecule has 4 rings (SSSR count). The van der Waals surface area contributed by atoms with Gasteiger partial charge >= 0.3 is 15.6 Å². The highest BCUT2D eigenvalue weighted by atomic mass is 32.2. The van der Waals surface area contributed by atoms with Crippen LogP contribution in [0.3, 0.4) is 0 Å². The molecule has 0 N–H and O–H groups in total. The SMILES string of the molecule is O=S(=O)(Oc1ccc2c(c1)C1(COCC=N1)c1ccccc1O2)C(F)(F)F. The molecule has 2 aliphatic rings. The van der Waals surface area contributed by atoms with E-state index in [9.17, 15) is 21.6 Å². The zero-order valence-electron chi connectivity index (χ0n) is 13.6. The van der Waals surface area contributed by atoms with Gasteiger partial charge in [-0.3, -0.25) is 4.99 Å². The molecule has 6 nitrogen and oxygen atoms in total. The Morgan fingerprint density at radius 2 is 1.81 bits per heavy atom. The summed E-state index contributed by atoms with van der Waals surface area (Å²) in [5.41, 5.74) is -5.59. The van der Waals surface area contributed by atoms with Crippen LogP contribution >= 0.6 is 0 Å². The summed E-state index contributed by atoms with van der Waals surface area (Å²) in [4.78, 5) is 4.53. The Balaban J connectivity index is 1.85. The van der Waals surface area contributed by atoms with Crippen LogP contribution in [0.15, 0.2) is 47.5 Å². The standard InChI is InChI=1S/C17H12F3NO5S/c18-17(19,20)27(22,23)26-11-5-6-15-13(9-11)16(10-24-8-7-21-16)12-3-1-2-4-14(12)25-15/h1-7,9H,8,10H2. The fourth-order valence-electron chi connectivity index (χ4n) is 3.09. The Labute approximate surface area is 152 Å². The van der Waals surface area contributed by atoms with Crippen molar-refractivity contribution in [3.8, 4) is 17.2 Å². The smallest absolute Gasteiger partial charge is 0.457 e. The fourth-order valence-corrected chi connectivity index (χ4v) is 3.54. The summed E-state index contributed by atoms with van der Waals surface area (Å²) >= 11 is 0. The molecule has 1 unspecified atom stereocenters. The lowest BCUT2D eigenvalue weighted by Gasteiger charge is -2.38. The molecule has 0 amide bonds. The zero-order chi connectivity index (χ0) is 19.3. The largest absolute Gasteiger partial charge is 0.534 e. The van der Waals surface area contributed by atoms with Crippen LogP contribution in [-0.4, -0.2) is 33.4 Å². The maximum absolute atomic E-state index is 12.6. The minimum atomic E-state index is -5.79. The summed E-state index contributed by atoms with van der Waals surface area (Å²) in [7, 11) is -5.79. The Morgan fingerprint density at radius 3 is 2.52 bits per heavy atom. The fraction of sp³-hybridized carbons (Fsp3) is 0.235. The summed E-state index contributed by atoms with van der Waals surface area (Å²) in [5.74, 6) is 0.367. The van der Waals surface area contributed by atoms with Gasteiger partial charge in [-0.05, 0) is 24.3 Å². The molecule has 1 spiro atoms. The van der Waals surface area contributed by atoms with E-state index in [1.807, 2.05) is 0 Å². The normalized spacial score (nSPS) is 21.3. The molecule has 0 aliphatic carbocycles. The molecule has 27 heavy (non-hydrogen) atoms. The second-order valence-corrected chi connectivity index (χ2v) is 7.46. The Morgan fingerprint density at radius 1 is 1.07 bits per heavy atom. The highest BCUT2D eigenvalue weighted by Gasteiger charge is 2.49. The molecule has 0 radical (unpaired) electrons. The van der Waals surface area contributed by atoms with Gasteiger partial charge < -0.3 is 13.7 Å². The van der Waals surface area contributed by atoms with E-state index in [1.54, 1.807) is 30.5 Å². The van der Waals surface area contributed by atoms with E-state index in [-0.39, 0.29) is 6.61 Å². The number of benzene rings is 2. The van der Waals surface area contributed by atoms with E-state index < -0.39 is 26.9 Å². The van der Waals surface area contributed by atoms with Gasteiger partial charge in [-0.1, -0.05) is 18.2 Å². The number of para-hydroxylation sites is 1. The van der Waals surface area contributed by atoms with Crippen LogP contribution in [0.4, 0.5) is 13.2 Å². The average molecular weight is 399 g/mol. The lowest BCUT2D eigenvalue weighted by molar-refractivity contribution is -0.0500. The maximum atomic E-state index is 12.6. The molecule has 2 aromatic carbocycles. The van der Waals surface area contributed by atoms with Gasteiger partial charge in [0.25, 0.3) is 0 Å². The molecule has 2 heterocycles. The number of hydrogen-bond acceptors (Lipinski definition) is 6. The van der Waals surface area contributed by atoms with Crippen LogP contribution in [0.25, 0.3) is 0 Å². The van der Waals surface area contributed by atoms with Crippen LogP contribution in [0.2, 0.25) is 0 Å². The van der Waals surface area contributed by atoms with Gasteiger partial charge in [-0.25, -0.2) is 0 Å². The Kier molecular flexibility index (Phi) is 3.93. The van der Waals surface area contributed by atoms with E-state index in [1.165, 1.54) is 12.1 Å². The molecule has 0 saturated heterocycles. The number of halogens is 3. The molecule has 0 saturated carbocycles. The number of ether oxygens (including phenoxy) is 2. The van der Waals surface area contributed by atoms with Crippen molar-refractivity contribution in [1.82, 2.24) is 0 Å². The van der Waals surface area contributed by atoms with Crippen molar-refractivity contribution >= 4 is 16.3 Å². The van der Waals surface area contributed by atoms with Crippen molar-refractivity contribution < 1.29 is 35.2 Å². The number of hydrogen-bond donors (Lipinski definition) is 0. The molecular weight excluding hydrogens is 387 g/mol. The third-order valence-electron chi connectivity index (χ3n) is 4.25. The maximum Gasteiger partial charge on any atom is 0.534 e. The molecule has 0 bridgehead atoms. The van der Waals surface area contributed by atoms with Crippen molar-refractivity contribution in [3.63, 3.8) is 0 Å². The van der Waals surface area contributed by atoms with E-state index in [4.69, 9.17) is 9.47 Å². The molecule has 1 atom stereocenters. The van der Waals surface area contributed by atoms with Crippen LogP contribution in [0, 0.1) is 0 Å². The van der Waals surface area contributed by atoms with Gasteiger partial charge in [-0.2, -0.15) is 21.6 Å². The van der Waals surface area contributed by atoms with E-state index in [0.717, 1.165) is 6.07 Å². The number of alkyl halides is 3. The molecule has 0 fully saturated rings. The molecule has 2 aromatic rings. The monoisotopic (exact) mass is 399 g/mol. The summed E-state index contributed by atoms with van der Waals surface area (Å²) in [6.07, 6.45) is 1.55. The minimum absolute atomic E-state index is 0.117. The molecule has 142 valence electrons. The van der Waals surface area contributed by atoms with Crippen molar-refractivity contribution in [2.75, 3.05) is 13.2 Å². The van der Waals surface area contributed by atoms with Gasteiger partial charge in [0.15, 0.2) is 0 Å². The van der Waals surface area contributed by atoms with E-state index in [0.29, 0.717) is 29.2 Å². The summed E-state index contributed by atoms with van der Waals surface area (Å²) in [6.45, 7) is 0.408. The van der Waals surface area contributed by atoms with Gasteiger partial charge in [0.2, 0.25) is 0 Å². The van der Waals surface area contributed by atoms with Crippen LogP contribution in [-0.2, 0) is 20.4 Å². The first-order chi connectivity index (χ1) is 12.7. The first-order valence-corrected chi connectivity index (χ1v) is 9.18. The molecular formula is C17H12F3NO5S. The van der Waals surface area contributed by atoms with Gasteiger partial charge in [0.05, 0.1) is 13.2 Å². The predicted octanol–water partition coefficient (Wildman–Crippen LogP) is 3.37. The number of fused-ring (bicyclic) bond motifs is 4. The van der Waals surface area contributed by atoms with E-state index >= 15 is 0 Å². The number of rotatable bonds is 2. The Bertz CT molecular complexity index is 1040. The topological polar surface area (TPSA) is 74.2 Å². The third kappa shape index (κ3) is 2.85. The average Bonchev–Trinajstić information content (AvgIpc) is 2.62. The van der Waals surface area contributed by atoms with Crippen LogP contribution in [0.1, 0.15) is 11.1 Å². The molecule has 2 aliphatic heterocycles. The first kappa shape index (κ1) is 17.8. The highest BCUT2D eigenvalue weighted by molar-refractivity contribution is 7.88. The van der Waals surface area contributed by atoms with Crippen molar-refractivity contribution in [2.45, 2.75) is 11.0 Å². The quantitative estimate of drug-likeness (QED) is 0.572. The second kappa shape index (κ2) is 5.96. The molecule has 0 aromatic heterocycles. The third-order valence-corrected chi connectivity index (χ3v) is 5.23. The lowest BCUT2D eigenvalue weighted by atomic mass is 9.80. The molecule has 10 heteroatoms. The zero-order valence-corrected chi connectivity index (χ0v) is 14.4. The minimum Gasteiger partial charge on any atom is -0.457 e. The van der Waals surface area contributed by atoms with Crippen LogP contribution in [0.5, 0.6) is 17.2 Å². The van der Waals surface area contributed by atoms with E-state index in [2.05, 4.69) is 9.18 Å².